The predicted octanol–water partition coefficient (Wildman–Crippen LogP) is 3.83. The number of nitrogens with zero attached hydrogens (tertiary/aromatic N) is 3. The largest absolute Gasteiger partial charge is 0.494 e. The summed E-state index contributed by atoms with van der Waals surface area (Å²) in [7, 11) is 2.79. The van der Waals surface area contributed by atoms with Crippen molar-refractivity contribution < 1.29 is 32.0 Å². The van der Waals surface area contributed by atoms with E-state index in [9.17, 15) is 18.0 Å². The van der Waals surface area contributed by atoms with Crippen LogP contribution in [0.5, 0.6) is 5.75 Å². The minimum Gasteiger partial charge on any atom is -0.494 e. The average Bonchev–Trinajstić information content (AvgIpc) is 3.21. The van der Waals surface area contributed by atoms with Crippen LogP contribution in [0.4, 0.5) is 13.2 Å². The van der Waals surface area contributed by atoms with Crippen molar-refractivity contribution in [1.82, 2.24) is 15.3 Å². The van der Waals surface area contributed by atoms with Gasteiger partial charge in [0.05, 0.1) is 18.9 Å². The molecule has 0 aliphatic heterocycles. The number of nitrogens with one attached hydrogen (secondary N) is 1. The number of oxazole rings is 1. The van der Waals surface area contributed by atoms with Gasteiger partial charge >= 0.3 is 6.18 Å². The molecular weight excluding hydrogens is 455 g/mol. The van der Waals surface area contributed by atoms with Crippen LogP contribution in [0.25, 0.3) is 22.4 Å². The van der Waals surface area contributed by atoms with E-state index in [1.807, 2.05) is 0 Å². The van der Waals surface area contributed by atoms with Crippen molar-refractivity contribution in [2.75, 3.05) is 14.2 Å². The second-order valence-electron chi connectivity index (χ2n) is 7.85. The molecule has 1 aliphatic carbocycles. The Morgan fingerprint density at radius 1 is 1.24 bits per heavy atom. The van der Waals surface area contributed by atoms with Crippen LogP contribution < -0.4 is 15.8 Å². The van der Waals surface area contributed by atoms with Gasteiger partial charge in [-0.05, 0) is 31.2 Å². The molecule has 1 aromatic carbocycles. The highest BCUT2D eigenvalue weighted by Crippen LogP contribution is 2.37. The molecule has 0 bridgehead atoms. The molecule has 34 heavy (non-hydrogen) atoms. The van der Waals surface area contributed by atoms with Crippen LogP contribution in [-0.4, -0.2) is 41.8 Å². The first kappa shape index (κ1) is 23.5. The third-order valence-corrected chi connectivity index (χ3v) is 5.36. The summed E-state index contributed by atoms with van der Waals surface area (Å²) < 4.78 is 50.6. The van der Waals surface area contributed by atoms with Gasteiger partial charge in [-0.2, -0.15) is 13.2 Å². The van der Waals surface area contributed by atoms with E-state index in [4.69, 9.17) is 19.7 Å². The number of fused-ring (bicyclic) bond motifs is 1. The Hall–Kier alpha value is -3.67. The van der Waals surface area contributed by atoms with Crippen molar-refractivity contribution in [3.05, 3.63) is 41.4 Å². The Bertz CT molecular complexity index is 1260. The fraction of sp³-hybridized carbons (Fsp3) is 0.364. The minimum absolute atomic E-state index is 0.00553. The van der Waals surface area contributed by atoms with E-state index in [0.717, 1.165) is 11.8 Å². The second-order valence-corrected chi connectivity index (χ2v) is 7.85. The maximum absolute atomic E-state index is 13.2. The molecule has 2 aromatic heterocycles. The lowest BCUT2D eigenvalue weighted by Crippen LogP contribution is -2.45. The van der Waals surface area contributed by atoms with Crippen LogP contribution in [0.1, 0.15) is 47.7 Å². The molecule has 1 amide bonds. The highest BCUT2D eigenvalue weighted by atomic mass is 19.4. The summed E-state index contributed by atoms with van der Waals surface area (Å²) in [6.07, 6.45) is -3.52. The smallest absolute Gasteiger partial charge is 0.433 e. The summed E-state index contributed by atoms with van der Waals surface area (Å²) in [4.78, 5) is 25.7. The maximum atomic E-state index is 13.2. The number of nitrogens with two attached hydrogens (primary N) is 1. The maximum Gasteiger partial charge on any atom is 0.433 e. The van der Waals surface area contributed by atoms with Crippen LogP contribution in [-0.2, 0) is 11.0 Å². The Kier molecular flexibility index (Phi) is 6.17. The zero-order valence-electron chi connectivity index (χ0n) is 18.6. The Balaban J connectivity index is 1.73. The number of amides is 1. The number of methoxy groups -OCH3 is 1. The fourth-order valence-electron chi connectivity index (χ4n) is 3.69. The average molecular weight is 477 g/mol. The highest BCUT2D eigenvalue weighted by molar-refractivity contribution is 5.99. The molecule has 9 nitrogen and oxygen atoms in total. The summed E-state index contributed by atoms with van der Waals surface area (Å²) >= 11 is 0. The number of ether oxygens (including phenoxy) is 1. The van der Waals surface area contributed by atoms with Gasteiger partial charge in [-0.25, -0.2) is 9.97 Å². The predicted molar refractivity (Wildman–Crippen MR) is 116 cm³/mol. The van der Waals surface area contributed by atoms with Crippen LogP contribution in [0.2, 0.25) is 0 Å². The van der Waals surface area contributed by atoms with E-state index in [1.54, 1.807) is 13.0 Å². The summed E-state index contributed by atoms with van der Waals surface area (Å²) in [5.41, 5.74) is 6.11. The zero-order valence-corrected chi connectivity index (χ0v) is 18.6. The first-order chi connectivity index (χ1) is 16.1. The third-order valence-electron chi connectivity index (χ3n) is 5.36. The van der Waals surface area contributed by atoms with Crippen molar-refractivity contribution in [3.63, 3.8) is 0 Å². The number of pyridine rings is 1. The fourth-order valence-corrected chi connectivity index (χ4v) is 3.69. The number of hydrogen-bond donors (Lipinski definition) is 2. The van der Waals surface area contributed by atoms with Crippen molar-refractivity contribution in [3.8, 4) is 17.2 Å². The molecule has 3 aromatic rings. The Morgan fingerprint density at radius 3 is 2.59 bits per heavy atom. The van der Waals surface area contributed by atoms with Crippen molar-refractivity contribution in [2.24, 2.45) is 10.9 Å². The molecule has 4 rings (SSSR count). The molecule has 1 fully saturated rings. The number of aromatic nitrogens is 2. The molecule has 1 atom stereocenters. The molecule has 0 radical (unpaired) electrons. The van der Waals surface area contributed by atoms with Crippen LogP contribution in [0.3, 0.4) is 0 Å². The highest BCUT2D eigenvalue weighted by Gasteiger charge is 2.34. The normalized spacial score (nSPS) is 16.7. The number of halogens is 3. The number of hydrogen-bond acceptors (Lipinski definition) is 8. The summed E-state index contributed by atoms with van der Waals surface area (Å²) in [5, 5.41) is 7.00. The summed E-state index contributed by atoms with van der Waals surface area (Å²) in [5.74, 6) is -0.136. The van der Waals surface area contributed by atoms with Gasteiger partial charge in [0.2, 0.25) is 5.89 Å². The van der Waals surface area contributed by atoms with Gasteiger partial charge in [-0.1, -0.05) is 5.16 Å². The van der Waals surface area contributed by atoms with Crippen LogP contribution in [0, 0.1) is 0 Å². The molecule has 2 heterocycles. The first-order valence-electron chi connectivity index (χ1n) is 10.3. The number of oxime groups is 1. The molecule has 1 aliphatic rings. The van der Waals surface area contributed by atoms with Crippen molar-refractivity contribution >= 4 is 22.5 Å². The Labute approximate surface area is 192 Å². The van der Waals surface area contributed by atoms with Gasteiger partial charge in [0.25, 0.3) is 5.91 Å². The van der Waals surface area contributed by atoms with Gasteiger partial charge in [0.1, 0.15) is 24.1 Å². The van der Waals surface area contributed by atoms with E-state index in [0.29, 0.717) is 23.8 Å². The molecule has 180 valence electrons. The molecule has 1 saturated carbocycles. The van der Waals surface area contributed by atoms with E-state index in [2.05, 4.69) is 20.4 Å². The van der Waals surface area contributed by atoms with E-state index < -0.39 is 23.8 Å². The molecular formula is C22H22F3N5O4. The molecule has 3 N–H and O–H groups in total. The van der Waals surface area contributed by atoms with Crippen LogP contribution >= 0.6 is 0 Å². The SMILES string of the molecule is CON=C1CC(NC(=O)c2nc(-c3ccc(OC)c4nc(C(F)(F)F)ccc34)oc2[C@H](C)N)C1. The van der Waals surface area contributed by atoms with Gasteiger partial charge in [0.15, 0.2) is 11.5 Å². The van der Waals surface area contributed by atoms with Crippen molar-refractivity contribution in [1.29, 1.82) is 0 Å². The second kappa shape index (κ2) is 8.93. The number of benzene rings is 1. The van der Waals surface area contributed by atoms with E-state index in [1.165, 1.54) is 26.4 Å². The summed E-state index contributed by atoms with van der Waals surface area (Å²) in [6, 6.07) is 4.38. The van der Waals surface area contributed by atoms with Gasteiger partial charge in [-0.15, -0.1) is 0 Å². The number of alkyl halides is 3. The Morgan fingerprint density at radius 2 is 1.97 bits per heavy atom. The van der Waals surface area contributed by atoms with Crippen molar-refractivity contribution in [2.45, 2.75) is 38.0 Å². The van der Waals surface area contributed by atoms with Crippen LogP contribution in [0.15, 0.2) is 33.8 Å². The third kappa shape index (κ3) is 4.40. The monoisotopic (exact) mass is 477 g/mol. The molecule has 0 spiro atoms. The standard InChI is InChI=1S/C22H22F3N5O4/c1-10(26)19-18(20(31)27-11-8-12(9-11)30-33-3)29-21(34-19)14-4-6-15(32-2)17-13(14)5-7-16(28-17)22(23,24)25/h4-7,10-11H,8-9,26H2,1-3H3,(H,27,31)/t10-,11?/m0/s1. The summed E-state index contributed by atoms with van der Waals surface area (Å²) in [6.45, 7) is 1.64. The molecule has 0 unspecified atom stereocenters. The zero-order chi connectivity index (χ0) is 24.6. The number of carbonyl (C=O) groups excluding carboxylic acids is 1. The number of rotatable bonds is 6. The number of carbonyl (C=O) groups is 1. The lowest BCUT2D eigenvalue weighted by Gasteiger charge is -2.27. The van der Waals surface area contributed by atoms with E-state index in [-0.39, 0.29) is 34.7 Å². The van der Waals surface area contributed by atoms with Gasteiger partial charge in [0, 0.05) is 29.8 Å². The van der Waals surface area contributed by atoms with Gasteiger partial charge < -0.3 is 25.0 Å². The van der Waals surface area contributed by atoms with E-state index >= 15 is 0 Å². The lowest BCUT2D eigenvalue weighted by atomic mass is 9.90. The van der Waals surface area contributed by atoms with Gasteiger partial charge in [-0.3, -0.25) is 4.79 Å². The minimum atomic E-state index is -4.62. The quantitative estimate of drug-likeness (QED) is 0.517. The molecule has 0 saturated heterocycles. The lowest BCUT2D eigenvalue weighted by molar-refractivity contribution is -0.140. The first-order valence-corrected chi connectivity index (χ1v) is 10.3. The topological polar surface area (TPSA) is 125 Å². The molecule has 12 heteroatoms.